The van der Waals surface area contributed by atoms with Crippen molar-refractivity contribution in [1.29, 1.82) is 0 Å². The van der Waals surface area contributed by atoms with E-state index in [1.165, 1.54) is 42.1 Å². The number of hydrogen-bond acceptors (Lipinski definition) is 6. The molecule has 0 aliphatic carbocycles. The SMILES string of the molecule is CCO[C@]1(Cc2cccc(O)c2)C(=O)N(C)[C@@H](Cc2c[nH]c3cccc([N+](=O)[O-])c23)C(=O)N1C. The number of nitrogens with one attached hydrogen (secondary N) is 1. The molecule has 2 aromatic carbocycles. The summed E-state index contributed by atoms with van der Waals surface area (Å²) in [6, 6.07) is 10.3. The van der Waals surface area contributed by atoms with Gasteiger partial charge in [0.15, 0.2) is 0 Å². The first-order chi connectivity index (χ1) is 16.2. The number of ether oxygens (including phenoxy) is 1. The number of benzene rings is 2. The average Bonchev–Trinajstić information content (AvgIpc) is 3.22. The number of nitro groups is 1. The van der Waals surface area contributed by atoms with Crippen LogP contribution in [0.25, 0.3) is 10.9 Å². The molecule has 0 saturated carbocycles. The zero-order chi connectivity index (χ0) is 24.6. The lowest BCUT2D eigenvalue weighted by Crippen LogP contribution is -2.71. The Kier molecular flexibility index (Phi) is 6.01. The highest BCUT2D eigenvalue weighted by atomic mass is 16.6. The number of carbonyl (C=O) groups is 2. The summed E-state index contributed by atoms with van der Waals surface area (Å²) in [6.07, 6.45) is 1.80. The van der Waals surface area contributed by atoms with E-state index in [-0.39, 0.29) is 36.8 Å². The van der Waals surface area contributed by atoms with E-state index < -0.39 is 22.6 Å². The molecule has 0 bridgehead atoms. The normalized spacial score (nSPS) is 20.9. The number of phenols is 1. The number of rotatable bonds is 7. The first-order valence-electron chi connectivity index (χ1n) is 10.9. The largest absolute Gasteiger partial charge is 0.508 e. The van der Waals surface area contributed by atoms with Crippen LogP contribution in [0.2, 0.25) is 0 Å². The van der Waals surface area contributed by atoms with E-state index in [2.05, 4.69) is 4.98 Å². The summed E-state index contributed by atoms with van der Waals surface area (Å²) >= 11 is 0. The van der Waals surface area contributed by atoms with Gasteiger partial charge in [0, 0.05) is 45.8 Å². The third kappa shape index (κ3) is 3.75. The molecule has 1 aliphatic heterocycles. The number of H-pyrrole nitrogens is 1. The molecule has 2 atom stereocenters. The summed E-state index contributed by atoms with van der Waals surface area (Å²) in [5.41, 5.74) is 0.164. The molecule has 10 heteroatoms. The van der Waals surface area contributed by atoms with Gasteiger partial charge < -0.3 is 24.6 Å². The predicted octanol–water partition coefficient (Wildman–Crippen LogP) is 2.60. The number of nitrogens with zero attached hydrogens (tertiary/aromatic N) is 3. The van der Waals surface area contributed by atoms with Crippen LogP contribution >= 0.6 is 0 Å². The van der Waals surface area contributed by atoms with Crippen LogP contribution in [-0.4, -0.2) is 69.1 Å². The van der Waals surface area contributed by atoms with Crippen LogP contribution in [-0.2, 0) is 27.2 Å². The average molecular weight is 466 g/mol. The Balaban J connectivity index is 1.70. The molecule has 2 heterocycles. The Hall–Kier alpha value is -3.92. The van der Waals surface area contributed by atoms with Gasteiger partial charge in [-0.1, -0.05) is 18.2 Å². The number of phenolic OH excluding ortho intramolecular Hbond substituents is 1. The van der Waals surface area contributed by atoms with E-state index in [0.29, 0.717) is 22.0 Å². The molecule has 0 radical (unpaired) electrons. The van der Waals surface area contributed by atoms with E-state index in [1.807, 2.05) is 0 Å². The third-order valence-electron chi connectivity index (χ3n) is 6.39. The maximum Gasteiger partial charge on any atom is 0.279 e. The molecule has 178 valence electrons. The number of piperazine rings is 1. The number of aromatic nitrogens is 1. The summed E-state index contributed by atoms with van der Waals surface area (Å²) < 4.78 is 5.92. The van der Waals surface area contributed by atoms with Crippen LogP contribution in [0.15, 0.2) is 48.7 Å². The van der Waals surface area contributed by atoms with E-state index in [1.54, 1.807) is 37.4 Å². The van der Waals surface area contributed by atoms with Gasteiger partial charge in [0.2, 0.25) is 11.6 Å². The van der Waals surface area contributed by atoms with Crippen LogP contribution < -0.4 is 0 Å². The highest BCUT2D eigenvalue weighted by molar-refractivity contribution is 6.00. The van der Waals surface area contributed by atoms with E-state index in [4.69, 9.17) is 4.74 Å². The number of amides is 2. The molecule has 3 aromatic rings. The van der Waals surface area contributed by atoms with E-state index in [9.17, 15) is 24.8 Å². The van der Waals surface area contributed by atoms with Gasteiger partial charge in [-0.05, 0) is 36.2 Å². The molecule has 2 N–H and O–H groups in total. The van der Waals surface area contributed by atoms with Crippen LogP contribution in [0, 0.1) is 10.1 Å². The number of likely N-dealkylation sites (N-methyl/N-ethyl adjacent to an activating group) is 2. The fraction of sp³-hybridized carbons (Fsp3) is 0.333. The first kappa shape index (κ1) is 23.2. The first-order valence-corrected chi connectivity index (χ1v) is 10.9. The van der Waals surface area contributed by atoms with Crippen molar-refractivity contribution in [3.8, 4) is 5.75 Å². The van der Waals surface area contributed by atoms with Gasteiger partial charge in [-0.25, -0.2) is 0 Å². The quantitative estimate of drug-likeness (QED) is 0.407. The summed E-state index contributed by atoms with van der Waals surface area (Å²) in [6.45, 7) is 1.93. The van der Waals surface area contributed by atoms with Crippen LogP contribution in [0.1, 0.15) is 18.1 Å². The van der Waals surface area contributed by atoms with Gasteiger partial charge in [0.25, 0.3) is 11.6 Å². The Bertz CT molecular complexity index is 1270. The van der Waals surface area contributed by atoms with Gasteiger partial charge in [0.05, 0.1) is 15.8 Å². The van der Waals surface area contributed by atoms with E-state index >= 15 is 0 Å². The summed E-state index contributed by atoms with van der Waals surface area (Å²) in [5, 5.41) is 21.8. The lowest BCUT2D eigenvalue weighted by Gasteiger charge is -2.49. The van der Waals surface area contributed by atoms with Crippen molar-refractivity contribution < 1.29 is 24.4 Å². The van der Waals surface area contributed by atoms with Crippen molar-refractivity contribution in [3.63, 3.8) is 0 Å². The minimum Gasteiger partial charge on any atom is -0.508 e. The Morgan fingerprint density at radius 3 is 2.62 bits per heavy atom. The number of non-ortho nitro benzene ring substituents is 1. The van der Waals surface area contributed by atoms with Crippen molar-refractivity contribution >= 4 is 28.4 Å². The Labute approximate surface area is 195 Å². The van der Waals surface area contributed by atoms with Crippen LogP contribution in [0.5, 0.6) is 5.75 Å². The predicted molar refractivity (Wildman–Crippen MR) is 124 cm³/mol. The highest BCUT2D eigenvalue weighted by Crippen LogP contribution is 2.34. The van der Waals surface area contributed by atoms with E-state index in [0.717, 1.165) is 0 Å². The molecule has 4 rings (SSSR count). The smallest absolute Gasteiger partial charge is 0.279 e. The molecule has 1 fully saturated rings. The molecule has 1 saturated heterocycles. The van der Waals surface area contributed by atoms with Crippen molar-refractivity contribution in [2.45, 2.75) is 31.5 Å². The lowest BCUT2D eigenvalue weighted by molar-refractivity contribution is -0.383. The van der Waals surface area contributed by atoms with Crippen molar-refractivity contribution in [1.82, 2.24) is 14.8 Å². The second kappa shape index (κ2) is 8.79. The lowest BCUT2D eigenvalue weighted by atomic mass is 9.92. The molecule has 10 nitrogen and oxygen atoms in total. The minimum absolute atomic E-state index is 0.0496. The molecule has 0 unspecified atom stereocenters. The van der Waals surface area contributed by atoms with Crippen LogP contribution in [0.3, 0.4) is 0 Å². The molecular formula is C24H26N4O6. The second-order valence-electron chi connectivity index (χ2n) is 8.37. The molecule has 1 aromatic heterocycles. The molecule has 2 amide bonds. The fourth-order valence-corrected chi connectivity index (χ4v) is 4.69. The van der Waals surface area contributed by atoms with Gasteiger partial charge in [-0.2, -0.15) is 0 Å². The number of aromatic hydroxyl groups is 1. The molecule has 34 heavy (non-hydrogen) atoms. The maximum absolute atomic E-state index is 13.7. The van der Waals surface area contributed by atoms with Crippen molar-refractivity contribution in [2.24, 2.45) is 0 Å². The Morgan fingerprint density at radius 2 is 1.94 bits per heavy atom. The summed E-state index contributed by atoms with van der Waals surface area (Å²) in [7, 11) is 3.06. The highest BCUT2D eigenvalue weighted by Gasteiger charge is 2.55. The van der Waals surface area contributed by atoms with Crippen molar-refractivity contribution in [3.05, 3.63) is 69.9 Å². The second-order valence-corrected chi connectivity index (χ2v) is 8.37. The van der Waals surface area contributed by atoms with Gasteiger partial charge in [0.1, 0.15) is 11.8 Å². The molecule has 0 spiro atoms. The summed E-state index contributed by atoms with van der Waals surface area (Å²) in [5.74, 6) is -0.698. The molecular weight excluding hydrogens is 440 g/mol. The number of nitro benzene ring substituents is 1. The van der Waals surface area contributed by atoms with Gasteiger partial charge in [-0.15, -0.1) is 0 Å². The van der Waals surface area contributed by atoms with Crippen LogP contribution in [0.4, 0.5) is 5.69 Å². The number of carbonyl (C=O) groups excluding carboxylic acids is 2. The monoisotopic (exact) mass is 466 g/mol. The standard InChI is InChI=1S/C24H26N4O6/c1-4-34-24(13-15-7-5-8-17(29)11-15)23(31)26(2)20(22(30)27(24)3)12-16-14-25-18-9-6-10-19(21(16)18)28(32)33/h5-11,14,20,25,29H,4,12-13H2,1-3H3/t20-,24+/m0/s1. The van der Waals surface area contributed by atoms with Crippen molar-refractivity contribution in [2.75, 3.05) is 20.7 Å². The fourth-order valence-electron chi connectivity index (χ4n) is 4.69. The zero-order valence-corrected chi connectivity index (χ0v) is 19.1. The summed E-state index contributed by atoms with van der Waals surface area (Å²) in [4.78, 5) is 44.1. The Morgan fingerprint density at radius 1 is 1.21 bits per heavy atom. The zero-order valence-electron chi connectivity index (χ0n) is 19.1. The minimum atomic E-state index is -1.57. The van der Waals surface area contributed by atoms with Gasteiger partial charge >= 0.3 is 0 Å². The topological polar surface area (TPSA) is 129 Å². The molecule has 1 aliphatic rings. The number of aromatic amines is 1. The number of fused-ring (bicyclic) bond motifs is 1. The maximum atomic E-state index is 13.7. The third-order valence-corrected chi connectivity index (χ3v) is 6.39. The number of hydrogen-bond donors (Lipinski definition) is 2. The van der Waals surface area contributed by atoms with Gasteiger partial charge in [-0.3, -0.25) is 19.7 Å².